The van der Waals surface area contributed by atoms with Crippen LogP contribution in [0.15, 0.2) is 136 Å². The van der Waals surface area contributed by atoms with Crippen LogP contribution in [0.25, 0.3) is 9.75 Å². The van der Waals surface area contributed by atoms with Gasteiger partial charge in [0, 0.05) is 28.1 Å². The number of allylic oxidation sites excluding steroid dienone is 10. The van der Waals surface area contributed by atoms with Crippen molar-refractivity contribution in [1.29, 1.82) is 0 Å². The van der Waals surface area contributed by atoms with E-state index in [1.807, 2.05) is 18.2 Å². The van der Waals surface area contributed by atoms with Crippen molar-refractivity contribution in [2.45, 2.75) is 197 Å². The number of aromatic nitrogens is 1. The largest absolute Gasteiger partial charge is 2.00 e. The Morgan fingerprint density at radius 1 is 0.519 bits per heavy atom. The van der Waals surface area contributed by atoms with Crippen molar-refractivity contribution in [3.05, 3.63) is 143 Å². The first kappa shape index (κ1) is 58.8. The number of nitrogens with zero attached hydrogens (tertiary/aromatic N) is 5. The molecule has 0 aromatic carbocycles. The molecule has 5 aliphatic rings. The zero-order valence-corrected chi connectivity index (χ0v) is 50.1. The van der Waals surface area contributed by atoms with E-state index in [1.165, 1.54) is 104 Å². The number of hydrogen-bond donors (Lipinski definition) is 0. The van der Waals surface area contributed by atoms with Crippen LogP contribution >= 0.6 is 22.7 Å². The van der Waals surface area contributed by atoms with Crippen molar-refractivity contribution >= 4 is 45.5 Å². The first-order valence-corrected chi connectivity index (χ1v) is 30.5. The summed E-state index contributed by atoms with van der Waals surface area (Å²) in [6.45, 7) is 22.7. The van der Waals surface area contributed by atoms with Gasteiger partial charge in [-0.3, -0.25) is 9.98 Å². The van der Waals surface area contributed by atoms with E-state index in [1.54, 1.807) is 28.9 Å². The minimum atomic E-state index is 0. The Balaban J connectivity index is 0.00000861. The molecule has 0 aliphatic carbocycles. The summed E-state index contributed by atoms with van der Waals surface area (Å²) in [4.78, 5) is 31.3. The molecule has 0 saturated carbocycles. The van der Waals surface area contributed by atoms with Crippen molar-refractivity contribution in [3.8, 4) is 57.1 Å². The molecule has 8 rings (SSSR count). The molecule has 5 aliphatic heterocycles. The van der Waals surface area contributed by atoms with Crippen molar-refractivity contribution in [2.75, 3.05) is 0 Å². The second kappa shape index (κ2) is 28.7. The van der Waals surface area contributed by atoms with Gasteiger partial charge in [0.05, 0.1) is 55.6 Å². The summed E-state index contributed by atoms with van der Waals surface area (Å²) < 4.78 is 0. The van der Waals surface area contributed by atoms with E-state index in [4.69, 9.17) is 20.0 Å². The Kier molecular flexibility index (Phi) is 21.9. The molecule has 3 aromatic heterocycles. The van der Waals surface area contributed by atoms with Gasteiger partial charge in [-0.15, -0.1) is 22.7 Å². The van der Waals surface area contributed by atoms with Crippen LogP contribution in [0, 0.1) is 47.4 Å². The van der Waals surface area contributed by atoms with Crippen molar-refractivity contribution < 1.29 is 16.5 Å². The molecule has 0 amide bonds. The SMILES string of the molecule is CCCCCCc1cc(-c2cc(CCCCCC)c(C#CC#Cc3ccccn3)s2)sc1C#CC#C/C1=C2/N=C(CC3N=C(/C=C4N=C(/C=C5N=C1C(CC)=C\5CC)C(CC)=C\4CC)C(CC)=C3CC)C(CC)=C2CC.[Ni+2]. The smallest absolute Gasteiger partial charge is 0.277 e. The summed E-state index contributed by atoms with van der Waals surface area (Å²) in [6.07, 6.45) is 25.8. The third kappa shape index (κ3) is 13.4. The van der Waals surface area contributed by atoms with E-state index in [0.29, 0.717) is 0 Å². The zero-order valence-electron chi connectivity index (χ0n) is 47.5. The molecule has 0 N–H and O–H groups in total. The monoisotopic (exact) mass is 1100 g/mol. The molecule has 3 aromatic rings. The van der Waals surface area contributed by atoms with Gasteiger partial charge in [0.25, 0.3) is 0 Å². The predicted molar refractivity (Wildman–Crippen MR) is 328 cm³/mol. The molecule has 1 atom stereocenters. The summed E-state index contributed by atoms with van der Waals surface area (Å²) in [5.74, 6) is 27.0. The molecule has 0 spiro atoms. The average molecular weight is 1100 g/mol. The standard InChI is InChI=1S/C69H77N5S2.Ni/c1-11-21-23-25-33-46-41-66(75-64(46)38-29-27-35-48-36-31-32-40-70-48)67-42-47(34-26-24-22-12-2)65(76-67)39-30-28-37-57-68-55(19-9)53(17-7)62(73-68)44-60-51(15-5)49(13-3)58(71-60)43-59-50(14-4)52(16-6)61(72-59)45-63-54(18-8)56(20-10)69(57)74-63;/h31-32,36,40-44,61H,11-26,33-34,45H2,1-10H3;/q;+2/b58-43-,62-44-,69-57-;. The van der Waals surface area contributed by atoms with Gasteiger partial charge in [-0.05, 0) is 217 Å². The van der Waals surface area contributed by atoms with E-state index in [9.17, 15) is 0 Å². The number of thiophene rings is 2. The molecule has 8 heteroatoms. The molecule has 5 nitrogen and oxygen atoms in total. The number of aliphatic imine (C=N–C) groups is 4. The number of hydrogen-bond acceptors (Lipinski definition) is 7. The van der Waals surface area contributed by atoms with E-state index < -0.39 is 0 Å². The van der Waals surface area contributed by atoms with Crippen LogP contribution in [-0.2, 0) is 29.3 Å². The van der Waals surface area contributed by atoms with Crippen molar-refractivity contribution in [2.24, 2.45) is 20.0 Å². The fourth-order valence-corrected chi connectivity index (χ4v) is 13.7. The fraction of sp³-hybridized carbons (Fsp3) is 0.435. The van der Waals surface area contributed by atoms with Crippen LogP contribution in [0.4, 0.5) is 0 Å². The van der Waals surface area contributed by atoms with E-state index >= 15 is 0 Å². The zero-order chi connectivity index (χ0) is 53.6. The van der Waals surface area contributed by atoms with E-state index in [0.717, 1.165) is 144 Å². The maximum absolute atomic E-state index is 5.67. The third-order valence-corrected chi connectivity index (χ3v) is 17.7. The summed E-state index contributed by atoms with van der Waals surface area (Å²) in [5, 5.41) is 0. The van der Waals surface area contributed by atoms with E-state index in [2.05, 4.69) is 146 Å². The Morgan fingerprint density at radius 2 is 1.08 bits per heavy atom. The first-order valence-electron chi connectivity index (χ1n) is 28.9. The topological polar surface area (TPSA) is 62.3 Å². The quantitative estimate of drug-likeness (QED) is 0.0670. The number of rotatable bonds is 19. The van der Waals surface area contributed by atoms with Crippen LogP contribution < -0.4 is 0 Å². The number of fused-ring (bicyclic) bond motifs is 4. The Hall–Kier alpha value is -5.86. The third-order valence-electron chi connectivity index (χ3n) is 15.3. The van der Waals surface area contributed by atoms with Gasteiger partial charge in [-0.2, -0.15) is 0 Å². The molecule has 0 fully saturated rings. The van der Waals surface area contributed by atoms with Gasteiger partial charge in [0.1, 0.15) is 5.69 Å². The molecule has 0 radical (unpaired) electrons. The van der Waals surface area contributed by atoms with Crippen molar-refractivity contribution in [3.63, 3.8) is 0 Å². The molecule has 8 heterocycles. The van der Waals surface area contributed by atoms with Crippen LogP contribution in [0.3, 0.4) is 0 Å². The molecular formula is C69H77N5NiS2+2. The van der Waals surface area contributed by atoms with Gasteiger partial charge in [-0.1, -0.05) is 114 Å². The fourth-order valence-electron chi connectivity index (χ4n) is 11.5. The first-order chi connectivity index (χ1) is 37.3. The van der Waals surface area contributed by atoms with E-state index in [-0.39, 0.29) is 22.5 Å². The van der Waals surface area contributed by atoms with Gasteiger partial charge < -0.3 is 0 Å². The molecule has 8 bridgehead atoms. The maximum atomic E-state index is 5.67. The predicted octanol–water partition coefficient (Wildman–Crippen LogP) is 18.0. The molecule has 0 saturated heterocycles. The summed E-state index contributed by atoms with van der Waals surface area (Å²) in [6, 6.07) is 10.6. The van der Waals surface area contributed by atoms with Gasteiger partial charge in [-0.25, -0.2) is 15.0 Å². The van der Waals surface area contributed by atoms with Crippen LogP contribution in [-0.4, -0.2) is 33.9 Å². The molecular weight excluding hydrogens is 1020 g/mol. The summed E-state index contributed by atoms with van der Waals surface area (Å²) >= 11 is 3.58. The number of unbranched alkanes of at least 4 members (excludes halogenated alkanes) is 6. The maximum Gasteiger partial charge on any atom is 2.00 e. The van der Waals surface area contributed by atoms with Crippen molar-refractivity contribution in [1.82, 2.24) is 4.98 Å². The number of pyridine rings is 1. The Bertz CT molecular complexity index is 3350. The van der Waals surface area contributed by atoms with Crippen LogP contribution in [0.1, 0.15) is 205 Å². The minimum absolute atomic E-state index is 0. The normalized spacial score (nSPS) is 18.9. The minimum Gasteiger partial charge on any atom is -0.277 e. The second-order valence-corrected chi connectivity index (χ2v) is 22.1. The Labute approximate surface area is 480 Å². The number of aryl methyl sites for hydroxylation is 2. The van der Waals surface area contributed by atoms with Gasteiger partial charge >= 0.3 is 16.5 Å². The Morgan fingerprint density at radius 3 is 1.64 bits per heavy atom. The van der Waals surface area contributed by atoms with Gasteiger partial charge in [0.15, 0.2) is 0 Å². The summed E-state index contributed by atoms with van der Waals surface area (Å²) in [5.41, 5.74) is 21.9. The van der Waals surface area contributed by atoms with Gasteiger partial charge in [0.2, 0.25) is 0 Å². The molecule has 1 unspecified atom stereocenters. The second-order valence-electron chi connectivity index (χ2n) is 20.0. The summed E-state index contributed by atoms with van der Waals surface area (Å²) in [7, 11) is 0. The average Bonchev–Trinajstić information content (AvgIpc) is 4.31. The van der Waals surface area contributed by atoms with Crippen LogP contribution in [0.2, 0.25) is 0 Å². The molecule has 398 valence electrons. The van der Waals surface area contributed by atoms with Crippen LogP contribution in [0.5, 0.6) is 0 Å². The molecule has 77 heavy (non-hydrogen) atoms.